The molecule has 5 nitrogen and oxygen atoms in total. The molecule has 0 fully saturated rings. The highest BCUT2D eigenvalue weighted by Crippen LogP contribution is 2.36. The maximum Gasteiger partial charge on any atom is 0.456 e. The Bertz CT molecular complexity index is 688. The van der Waals surface area contributed by atoms with E-state index in [0.717, 1.165) is 12.4 Å². The van der Waals surface area contributed by atoms with Crippen LogP contribution < -0.4 is 4.73 Å². The highest BCUT2D eigenvalue weighted by Gasteiger charge is 2.45. The van der Waals surface area contributed by atoms with Crippen LogP contribution in [0.2, 0.25) is 0 Å². The lowest BCUT2D eigenvalue weighted by Gasteiger charge is -2.13. The number of hydrogen-bond acceptors (Lipinski definition) is 3. The van der Waals surface area contributed by atoms with Crippen molar-refractivity contribution in [2.45, 2.75) is 20.0 Å². The average molecular weight is 313 g/mol. The van der Waals surface area contributed by atoms with Gasteiger partial charge in [0, 0.05) is 5.56 Å². The van der Waals surface area contributed by atoms with Crippen LogP contribution in [0.4, 0.5) is 13.2 Å². The van der Waals surface area contributed by atoms with Crippen LogP contribution in [0.1, 0.15) is 23.7 Å². The van der Waals surface area contributed by atoms with Crippen LogP contribution in [-0.2, 0) is 10.9 Å². The van der Waals surface area contributed by atoms with E-state index in [0.29, 0.717) is 15.0 Å². The van der Waals surface area contributed by atoms with Crippen LogP contribution in [-0.4, -0.2) is 16.4 Å². The van der Waals surface area contributed by atoms with Crippen molar-refractivity contribution in [2.75, 3.05) is 6.61 Å². The van der Waals surface area contributed by atoms with E-state index < -0.39 is 11.9 Å². The highest BCUT2D eigenvalue weighted by molar-refractivity contribution is 5.60. The topological polar surface area (TPSA) is 54.0 Å². The molecule has 0 saturated heterocycles. The van der Waals surface area contributed by atoms with Crippen LogP contribution in [0.5, 0.6) is 0 Å². The first-order valence-corrected chi connectivity index (χ1v) is 6.43. The molecule has 0 amide bonds. The van der Waals surface area contributed by atoms with Crippen LogP contribution >= 0.6 is 0 Å². The van der Waals surface area contributed by atoms with Gasteiger partial charge in [0.1, 0.15) is 5.76 Å². The number of aryl methyl sites for hydroxylation is 1. The molecule has 0 aromatic carbocycles. The van der Waals surface area contributed by atoms with Gasteiger partial charge >= 0.3 is 12.0 Å². The zero-order chi connectivity index (χ0) is 16.5. The first-order chi connectivity index (χ1) is 10.3. The van der Waals surface area contributed by atoms with Gasteiger partial charge in [-0.2, -0.15) is 13.2 Å². The largest absolute Gasteiger partial charge is 0.711 e. The van der Waals surface area contributed by atoms with Crippen molar-refractivity contribution in [3.63, 3.8) is 0 Å². The fourth-order valence-electron chi connectivity index (χ4n) is 2.08. The summed E-state index contributed by atoms with van der Waals surface area (Å²) in [4.78, 5) is 0. The first-order valence-electron chi connectivity index (χ1n) is 6.43. The number of aromatic nitrogens is 3. The fraction of sp³-hybridized carbons (Fsp3) is 0.286. The second-order valence-electron chi connectivity index (χ2n) is 4.51. The molecule has 0 spiro atoms. The molecule has 0 aliphatic rings. The maximum atomic E-state index is 13.4. The second-order valence-corrected chi connectivity index (χ2v) is 4.51. The Morgan fingerprint density at radius 3 is 2.73 bits per heavy atom. The molecule has 2 heterocycles. The van der Waals surface area contributed by atoms with E-state index in [1.54, 1.807) is 6.92 Å². The number of nitrogens with zero attached hydrogens (tertiary/aromatic N) is 3. The van der Waals surface area contributed by atoms with Gasteiger partial charge in [-0.05, 0) is 26.0 Å². The summed E-state index contributed by atoms with van der Waals surface area (Å²) in [5.41, 5.74) is -1.03. The monoisotopic (exact) mass is 313 g/mol. The Labute approximate surface area is 124 Å². The minimum absolute atomic E-state index is 0.146. The van der Waals surface area contributed by atoms with E-state index in [-0.39, 0.29) is 23.7 Å². The molecule has 0 aliphatic heterocycles. The molecular weight excluding hydrogens is 299 g/mol. The summed E-state index contributed by atoms with van der Waals surface area (Å²) in [6, 6.07) is 2.98. The van der Waals surface area contributed by atoms with Gasteiger partial charge in [0.05, 0.1) is 24.6 Å². The summed E-state index contributed by atoms with van der Waals surface area (Å²) in [7, 11) is 0. The Morgan fingerprint density at radius 2 is 2.18 bits per heavy atom. The fourth-order valence-corrected chi connectivity index (χ4v) is 2.08. The Hall–Kier alpha value is -2.51. The molecule has 0 atom stereocenters. The molecule has 0 unspecified atom stereocenters. The molecule has 0 bridgehead atoms. The molecule has 0 radical (unpaired) electrons. The average Bonchev–Trinajstić information content (AvgIpc) is 2.83. The zero-order valence-corrected chi connectivity index (χ0v) is 12.0. The van der Waals surface area contributed by atoms with Gasteiger partial charge in [-0.3, -0.25) is 0 Å². The van der Waals surface area contributed by atoms with Gasteiger partial charge < -0.3 is 9.94 Å². The van der Waals surface area contributed by atoms with Crippen molar-refractivity contribution >= 4 is 5.76 Å². The van der Waals surface area contributed by atoms with E-state index in [2.05, 4.69) is 11.7 Å². The molecule has 2 rings (SSSR count). The van der Waals surface area contributed by atoms with E-state index in [1.165, 1.54) is 19.1 Å². The van der Waals surface area contributed by atoms with Crippen LogP contribution in [0, 0.1) is 12.1 Å². The van der Waals surface area contributed by atoms with Crippen molar-refractivity contribution in [3.8, 4) is 5.82 Å². The van der Waals surface area contributed by atoms with Crippen molar-refractivity contribution in [1.82, 2.24) is 9.78 Å². The van der Waals surface area contributed by atoms with Gasteiger partial charge in [0.25, 0.3) is 0 Å². The first kappa shape index (κ1) is 15.9. The molecular formula is C14H14F3N3O2. The standard InChI is InChI=1S/C14H14F3N3O2/c1-4-22-10(3)11-8-18-20(12(11)14(15,16)17)13-9(2)6-5-7-19(13)21/h5-8H,3-4H2,1-2H3. The normalized spacial score (nSPS) is 11.5. The lowest BCUT2D eigenvalue weighted by molar-refractivity contribution is -0.600. The van der Waals surface area contributed by atoms with Gasteiger partial charge in [-0.1, -0.05) is 16.4 Å². The smallest absolute Gasteiger partial charge is 0.456 e. The van der Waals surface area contributed by atoms with E-state index in [4.69, 9.17) is 4.74 Å². The highest BCUT2D eigenvalue weighted by atomic mass is 19.4. The minimum atomic E-state index is -4.72. The summed E-state index contributed by atoms with van der Waals surface area (Å²) >= 11 is 0. The third-order valence-corrected chi connectivity index (χ3v) is 2.99. The Morgan fingerprint density at radius 1 is 1.50 bits per heavy atom. The lowest BCUT2D eigenvalue weighted by Crippen LogP contribution is -2.34. The summed E-state index contributed by atoms with van der Waals surface area (Å²) < 4.78 is 46.2. The number of rotatable bonds is 4. The second kappa shape index (κ2) is 5.70. The molecule has 0 aliphatic carbocycles. The molecule has 0 N–H and O–H groups in total. The molecule has 0 saturated carbocycles. The number of alkyl halides is 3. The molecule has 118 valence electrons. The van der Waals surface area contributed by atoms with Gasteiger partial charge in [0.15, 0.2) is 0 Å². The molecule has 22 heavy (non-hydrogen) atoms. The number of pyridine rings is 1. The lowest BCUT2D eigenvalue weighted by atomic mass is 10.2. The van der Waals surface area contributed by atoms with Crippen molar-refractivity contribution in [3.05, 3.63) is 53.1 Å². The minimum Gasteiger partial charge on any atom is -0.711 e. The molecule has 8 heteroatoms. The molecule has 2 aromatic rings. The number of halogens is 3. The van der Waals surface area contributed by atoms with Crippen molar-refractivity contribution in [2.24, 2.45) is 0 Å². The number of ether oxygens (including phenoxy) is 1. The SMILES string of the molecule is C=C(OCC)c1cnn(-c2c(C)ccc[n+]2[O-])c1C(F)(F)F. The summed E-state index contributed by atoms with van der Waals surface area (Å²) in [5, 5.41) is 15.6. The summed E-state index contributed by atoms with van der Waals surface area (Å²) in [6.07, 6.45) is -2.62. The third kappa shape index (κ3) is 2.76. The predicted octanol–water partition coefficient (Wildman–Crippen LogP) is 2.84. The molecule has 2 aromatic heterocycles. The van der Waals surface area contributed by atoms with Crippen molar-refractivity contribution in [1.29, 1.82) is 0 Å². The van der Waals surface area contributed by atoms with Gasteiger partial charge in [-0.15, -0.1) is 0 Å². The van der Waals surface area contributed by atoms with Crippen LogP contribution in [0.15, 0.2) is 31.1 Å². The quantitative estimate of drug-likeness (QED) is 0.495. The third-order valence-electron chi connectivity index (χ3n) is 2.99. The Kier molecular flexibility index (Phi) is 4.11. The van der Waals surface area contributed by atoms with E-state index in [1.807, 2.05) is 0 Å². The predicted molar refractivity (Wildman–Crippen MR) is 72.9 cm³/mol. The van der Waals surface area contributed by atoms with Crippen LogP contribution in [0.3, 0.4) is 0 Å². The van der Waals surface area contributed by atoms with Crippen molar-refractivity contribution < 1.29 is 22.6 Å². The summed E-state index contributed by atoms with van der Waals surface area (Å²) in [6.45, 7) is 6.82. The summed E-state index contributed by atoms with van der Waals surface area (Å²) in [5.74, 6) is -0.363. The van der Waals surface area contributed by atoms with Gasteiger partial charge in [-0.25, -0.2) is 4.73 Å². The van der Waals surface area contributed by atoms with Gasteiger partial charge in [0.2, 0.25) is 5.69 Å². The van der Waals surface area contributed by atoms with Crippen LogP contribution in [0.25, 0.3) is 11.6 Å². The van der Waals surface area contributed by atoms with E-state index >= 15 is 0 Å². The maximum absolute atomic E-state index is 13.4. The zero-order valence-electron chi connectivity index (χ0n) is 12.0. The van der Waals surface area contributed by atoms with E-state index in [9.17, 15) is 18.4 Å². The number of hydrogen-bond donors (Lipinski definition) is 0. The Balaban J connectivity index is 2.71.